The highest BCUT2D eigenvalue weighted by atomic mass is 19.4. The molecule has 27 heavy (non-hydrogen) atoms. The maximum atomic E-state index is 13.3. The first-order chi connectivity index (χ1) is 12.5. The molecule has 9 heteroatoms. The van der Waals surface area contributed by atoms with Crippen molar-refractivity contribution in [3.8, 4) is 0 Å². The van der Waals surface area contributed by atoms with Crippen LogP contribution in [-0.4, -0.2) is 29.7 Å². The largest absolute Gasteiger partial charge is 0.433 e. The van der Waals surface area contributed by atoms with E-state index in [4.69, 9.17) is 4.74 Å². The van der Waals surface area contributed by atoms with E-state index in [1.54, 1.807) is 0 Å². The van der Waals surface area contributed by atoms with Crippen molar-refractivity contribution in [3.05, 3.63) is 41.1 Å². The van der Waals surface area contributed by atoms with Crippen molar-refractivity contribution in [2.24, 2.45) is 5.92 Å². The molecule has 1 fully saturated rings. The molecular weight excluding hydrogens is 374 g/mol. The van der Waals surface area contributed by atoms with Crippen molar-refractivity contribution >= 4 is 10.9 Å². The number of aromatic nitrogens is 1. The number of ether oxygens (including phenoxy) is 1. The van der Waals surface area contributed by atoms with Gasteiger partial charge in [0.2, 0.25) is 0 Å². The molecule has 0 radical (unpaired) electrons. The number of nitrogens with zero attached hydrogens (tertiary/aromatic N) is 2. The van der Waals surface area contributed by atoms with Crippen LogP contribution < -0.4 is 0 Å². The molecule has 0 bridgehead atoms. The molecule has 1 aromatic carbocycles. The number of alkyl halides is 6. The number of hydrogen-bond donors (Lipinski definition) is 0. The Labute approximate surface area is 151 Å². The van der Waals surface area contributed by atoms with Crippen LogP contribution in [0.5, 0.6) is 0 Å². The minimum Gasteiger partial charge on any atom is -0.357 e. The van der Waals surface area contributed by atoms with Gasteiger partial charge in [0.15, 0.2) is 0 Å². The lowest BCUT2D eigenvalue weighted by atomic mass is 9.99. The van der Waals surface area contributed by atoms with Crippen molar-refractivity contribution < 1.29 is 31.1 Å². The van der Waals surface area contributed by atoms with E-state index in [9.17, 15) is 26.3 Å². The number of rotatable bonds is 3. The number of para-hydroxylation sites is 1. The fourth-order valence-corrected chi connectivity index (χ4v) is 3.28. The number of fused-ring (bicyclic) bond motifs is 1. The molecule has 0 saturated carbocycles. The van der Waals surface area contributed by atoms with Gasteiger partial charge in [-0.15, -0.1) is 0 Å². The highest BCUT2D eigenvalue weighted by molar-refractivity contribution is 5.86. The minimum atomic E-state index is -4.86. The lowest BCUT2D eigenvalue weighted by Crippen LogP contribution is -2.25. The number of hydrogen-bond acceptors (Lipinski definition) is 3. The summed E-state index contributed by atoms with van der Waals surface area (Å²) < 4.78 is 85.3. The third-order valence-electron chi connectivity index (χ3n) is 4.32. The van der Waals surface area contributed by atoms with Crippen LogP contribution in [0.2, 0.25) is 0 Å². The van der Waals surface area contributed by atoms with E-state index in [-0.39, 0.29) is 17.7 Å². The van der Waals surface area contributed by atoms with Gasteiger partial charge < -0.3 is 4.74 Å². The van der Waals surface area contributed by atoms with E-state index in [1.165, 1.54) is 12.1 Å². The third kappa shape index (κ3) is 4.19. The SMILES string of the molecule is CC(C)CN1COC(c2cc(C(F)(F)F)nc3c(C(F)(F)F)cccc23)C1. The van der Waals surface area contributed by atoms with Crippen LogP contribution in [0, 0.1) is 5.92 Å². The molecule has 148 valence electrons. The molecule has 1 unspecified atom stereocenters. The number of halogens is 6. The second-order valence-corrected chi connectivity index (χ2v) is 7.01. The van der Waals surface area contributed by atoms with Crippen molar-refractivity contribution in [1.29, 1.82) is 0 Å². The van der Waals surface area contributed by atoms with Crippen LogP contribution in [0.1, 0.15) is 36.8 Å². The molecule has 3 nitrogen and oxygen atoms in total. The third-order valence-corrected chi connectivity index (χ3v) is 4.32. The molecule has 3 rings (SSSR count). The minimum absolute atomic E-state index is 0.0224. The second-order valence-electron chi connectivity index (χ2n) is 7.01. The van der Waals surface area contributed by atoms with Crippen molar-refractivity contribution in [1.82, 2.24) is 9.88 Å². The van der Waals surface area contributed by atoms with E-state index in [1.807, 2.05) is 18.7 Å². The van der Waals surface area contributed by atoms with Gasteiger partial charge in [-0.25, -0.2) is 4.98 Å². The molecule has 1 saturated heterocycles. The first kappa shape index (κ1) is 19.9. The molecule has 0 spiro atoms. The van der Waals surface area contributed by atoms with Gasteiger partial charge in [-0.2, -0.15) is 26.3 Å². The van der Waals surface area contributed by atoms with E-state index in [2.05, 4.69) is 4.98 Å². The smallest absolute Gasteiger partial charge is 0.357 e. The molecule has 2 heterocycles. The Kier molecular flexibility index (Phi) is 5.11. The normalized spacial score (nSPS) is 19.4. The summed E-state index contributed by atoms with van der Waals surface area (Å²) >= 11 is 0. The predicted octanol–water partition coefficient (Wildman–Crippen LogP) is 5.26. The Bertz CT molecular complexity index is 831. The van der Waals surface area contributed by atoms with Gasteiger partial charge in [-0.05, 0) is 23.6 Å². The molecule has 1 aromatic heterocycles. The van der Waals surface area contributed by atoms with Gasteiger partial charge in [-0.3, -0.25) is 4.90 Å². The Morgan fingerprint density at radius 3 is 2.44 bits per heavy atom. The van der Waals surface area contributed by atoms with Gasteiger partial charge in [-0.1, -0.05) is 26.0 Å². The standard InChI is InChI=1S/C18H18F6N2O/c1-10(2)7-26-8-14(27-9-26)12-6-15(18(22,23)24)25-16-11(12)4-3-5-13(16)17(19,20)21/h3-6,10,14H,7-9H2,1-2H3. The van der Waals surface area contributed by atoms with E-state index in [0.717, 1.165) is 12.1 Å². The summed E-state index contributed by atoms with van der Waals surface area (Å²) in [6, 6.07) is 4.05. The van der Waals surface area contributed by atoms with Crippen LogP contribution in [0.4, 0.5) is 26.3 Å². The second kappa shape index (κ2) is 6.94. The van der Waals surface area contributed by atoms with Gasteiger partial charge >= 0.3 is 12.4 Å². The predicted molar refractivity (Wildman–Crippen MR) is 86.9 cm³/mol. The summed E-state index contributed by atoms with van der Waals surface area (Å²) in [5.74, 6) is 0.323. The summed E-state index contributed by atoms with van der Waals surface area (Å²) in [6.07, 6.45) is -10.4. The summed E-state index contributed by atoms with van der Waals surface area (Å²) in [7, 11) is 0. The highest BCUT2D eigenvalue weighted by Gasteiger charge is 2.39. The molecule has 0 amide bonds. The monoisotopic (exact) mass is 392 g/mol. The lowest BCUT2D eigenvalue weighted by molar-refractivity contribution is -0.142. The highest BCUT2D eigenvalue weighted by Crippen LogP contribution is 2.40. The zero-order valence-electron chi connectivity index (χ0n) is 14.7. The van der Waals surface area contributed by atoms with Crippen LogP contribution in [0.25, 0.3) is 10.9 Å². The Morgan fingerprint density at radius 2 is 1.85 bits per heavy atom. The number of benzene rings is 1. The maximum absolute atomic E-state index is 13.3. The van der Waals surface area contributed by atoms with Crippen molar-refractivity contribution in [2.75, 3.05) is 19.8 Å². The molecule has 2 aromatic rings. The van der Waals surface area contributed by atoms with Gasteiger partial charge in [0.1, 0.15) is 5.69 Å². The average Bonchev–Trinajstić information content (AvgIpc) is 2.98. The van der Waals surface area contributed by atoms with Crippen LogP contribution in [0.3, 0.4) is 0 Å². The molecule has 0 aliphatic carbocycles. The summed E-state index contributed by atoms with van der Waals surface area (Å²) in [6.45, 7) is 5.19. The fraction of sp³-hybridized carbons (Fsp3) is 0.500. The molecule has 1 aliphatic rings. The first-order valence-electron chi connectivity index (χ1n) is 8.39. The van der Waals surface area contributed by atoms with Gasteiger partial charge in [0, 0.05) is 18.5 Å². The summed E-state index contributed by atoms with van der Waals surface area (Å²) in [5.41, 5.74) is -3.18. The molecule has 1 aliphatic heterocycles. The Morgan fingerprint density at radius 1 is 1.15 bits per heavy atom. The zero-order chi connectivity index (χ0) is 20.0. The molecule has 1 atom stereocenters. The van der Waals surface area contributed by atoms with Gasteiger partial charge in [0.05, 0.1) is 23.9 Å². The average molecular weight is 392 g/mol. The quantitative estimate of drug-likeness (QED) is 0.667. The zero-order valence-corrected chi connectivity index (χ0v) is 14.7. The Hall–Kier alpha value is -1.87. The summed E-state index contributed by atoms with van der Waals surface area (Å²) in [4.78, 5) is 5.22. The van der Waals surface area contributed by atoms with Gasteiger partial charge in [0.25, 0.3) is 0 Å². The van der Waals surface area contributed by atoms with E-state index >= 15 is 0 Å². The molecule has 0 N–H and O–H groups in total. The fourth-order valence-electron chi connectivity index (χ4n) is 3.28. The van der Waals surface area contributed by atoms with E-state index < -0.39 is 35.2 Å². The Balaban J connectivity index is 2.14. The maximum Gasteiger partial charge on any atom is 0.433 e. The van der Waals surface area contributed by atoms with Crippen LogP contribution in [-0.2, 0) is 17.1 Å². The topological polar surface area (TPSA) is 25.4 Å². The first-order valence-corrected chi connectivity index (χ1v) is 8.39. The van der Waals surface area contributed by atoms with Crippen LogP contribution >= 0.6 is 0 Å². The summed E-state index contributed by atoms with van der Waals surface area (Å²) in [5, 5.41) is 0.0224. The number of pyridine rings is 1. The van der Waals surface area contributed by atoms with Crippen molar-refractivity contribution in [2.45, 2.75) is 32.3 Å². The molecular formula is C18H18F6N2O. The lowest BCUT2D eigenvalue weighted by Gasteiger charge is -2.19. The van der Waals surface area contributed by atoms with Crippen molar-refractivity contribution in [3.63, 3.8) is 0 Å². The van der Waals surface area contributed by atoms with E-state index in [0.29, 0.717) is 19.0 Å². The van der Waals surface area contributed by atoms with Crippen LogP contribution in [0.15, 0.2) is 24.3 Å².